The van der Waals surface area contributed by atoms with Gasteiger partial charge < -0.3 is 14.7 Å². The van der Waals surface area contributed by atoms with Gasteiger partial charge in [-0.3, -0.25) is 4.79 Å². The van der Waals surface area contributed by atoms with E-state index in [1.807, 2.05) is 30.3 Å². The molecule has 1 amide bonds. The summed E-state index contributed by atoms with van der Waals surface area (Å²) in [5, 5.41) is 7.12. The standard InChI is InChI=1S/C24H27FN4O2/c1-17-9-10-19(16-21(17)25)23-27-22(31-28-23)8-5-13-29-14-11-20(12-15-29)26-24(30)18-6-3-2-4-7-18/h2-4,6-7,9-10,16,20H,5,8,11-15H2,1H3,(H,26,30). The van der Waals surface area contributed by atoms with Crippen LogP contribution in [-0.4, -0.2) is 46.6 Å². The highest BCUT2D eigenvalue weighted by Crippen LogP contribution is 2.19. The largest absolute Gasteiger partial charge is 0.349 e. The Morgan fingerprint density at radius 2 is 1.97 bits per heavy atom. The Labute approximate surface area is 181 Å². The second-order valence-electron chi connectivity index (χ2n) is 8.03. The molecule has 2 aromatic carbocycles. The maximum Gasteiger partial charge on any atom is 0.251 e. The van der Waals surface area contributed by atoms with Gasteiger partial charge in [0.25, 0.3) is 5.91 Å². The molecule has 31 heavy (non-hydrogen) atoms. The monoisotopic (exact) mass is 422 g/mol. The first kappa shape index (κ1) is 21.2. The molecular formula is C24H27FN4O2. The number of aromatic nitrogens is 2. The quantitative estimate of drug-likeness (QED) is 0.623. The van der Waals surface area contributed by atoms with E-state index in [0.717, 1.165) is 38.9 Å². The number of aryl methyl sites for hydroxylation is 2. The van der Waals surface area contributed by atoms with Crippen LogP contribution in [0.15, 0.2) is 53.1 Å². The van der Waals surface area contributed by atoms with Crippen LogP contribution in [-0.2, 0) is 6.42 Å². The predicted octanol–water partition coefficient (Wildman–Crippen LogP) is 4.01. The number of nitrogens with zero attached hydrogens (tertiary/aromatic N) is 3. The van der Waals surface area contributed by atoms with E-state index in [9.17, 15) is 9.18 Å². The molecule has 6 nitrogen and oxygen atoms in total. The Hall–Kier alpha value is -3.06. The molecule has 1 aliphatic heterocycles. The van der Waals surface area contributed by atoms with Gasteiger partial charge >= 0.3 is 0 Å². The maximum absolute atomic E-state index is 13.7. The summed E-state index contributed by atoms with van der Waals surface area (Å²) in [5.74, 6) is 0.719. The predicted molar refractivity (Wildman–Crippen MR) is 116 cm³/mol. The number of hydrogen-bond acceptors (Lipinski definition) is 5. The van der Waals surface area contributed by atoms with Crippen LogP contribution in [0.3, 0.4) is 0 Å². The minimum Gasteiger partial charge on any atom is -0.349 e. The second kappa shape index (κ2) is 9.83. The molecule has 0 unspecified atom stereocenters. The topological polar surface area (TPSA) is 71.3 Å². The van der Waals surface area contributed by atoms with Crippen molar-refractivity contribution in [3.63, 3.8) is 0 Å². The SMILES string of the molecule is Cc1ccc(-c2noc(CCCN3CCC(NC(=O)c4ccccc4)CC3)n2)cc1F. The van der Waals surface area contributed by atoms with Crippen molar-refractivity contribution in [2.24, 2.45) is 0 Å². The number of nitrogens with one attached hydrogen (secondary N) is 1. The highest BCUT2D eigenvalue weighted by molar-refractivity contribution is 5.94. The number of hydrogen-bond donors (Lipinski definition) is 1. The van der Waals surface area contributed by atoms with Gasteiger partial charge in [0.2, 0.25) is 11.7 Å². The number of halogens is 1. The molecule has 2 heterocycles. The highest BCUT2D eigenvalue weighted by atomic mass is 19.1. The lowest BCUT2D eigenvalue weighted by molar-refractivity contribution is 0.0910. The second-order valence-corrected chi connectivity index (χ2v) is 8.03. The summed E-state index contributed by atoms with van der Waals surface area (Å²) in [4.78, 5) is 19.1. The molecule has 0 bridgehead atoms. The first-order valence-corrected chi connectivity index (χ1v) is 10.8. The van der Waals surface area contributed by atoms with Gasteiger partial charge in [0.05, 0.1) is 0 Å². The van der Waals surface area contributed by atoms with Gasteiger partial charge in [0, 0.05) is 36.7 Å². The molecule has 0 aliphatic carbocycles. The lowest BCUT2D eigenvalue weighted by Gasteiger charge is -2.32. The molecule has 1 fully saturated rings. The van der Waals surface area contributed by atoms with Crippen LogP contribution in [0.2, 0.25) is 0 Å². The number of carbonyl (C=O) groups excluding carboxylic acids is 1. The van der Waals surface area contributed by atoms with Gasteiger partial charge in [-0.05, 0) is 56.5 Å². The van der Waals surface area contributed by atoms with E-state index < -0.39 is 0 Å². The van der Waals surface area contributed by atoms with E-state index in [0.29, 0.717) is 34.8 Å². The summed E-state index contributed by atoms with van der Waals surface area (Å²) in [7, 11) is 0. The summed E-state index contributed by atoms with van der Waals surface area (Å²) in [6, 6.07) is 14.5. The minimum atomic E-state index is -0.271. The Bertz CT molecular complexity index is 1010. The lowest BCUT2D eigenvalue weighted by atomic mass is 10.0. The fraction of sp³-hybridized carbons (Fsp3) is 0.375. The van der Waals surface area contributed by atoms with Crippen LogP contribution in [0.5, 0.6) is 0 Å². The zero-order chi connectivity index (χ0) is 21.6. The highest BCUT2D eigenvalue weighted by Gasteiger charge is 2.21. The number of carbonyl (C=O) groups is 1. The Kier molecular flexibility index (Phi) is 6.72. The van der Waals surface area contributed by atoms with Gasteiger partial charge in [-0.2, -0.15) is 4.98 Å². The summed E-state index contributed by atoms with van der Waals surface area (Å²) in [5.41, 5.74) is 1.92. The van der Waals surface area contributed by atoms with Gasteiger partial charge in [0.15, 0.2) is 0 Å². The third-order valence-corrected chi connectivity index (χ3v) is 5.72. The van der Waals surface area contributed by atoms with E-state index in [-0.39, 0.29) is 17.8 Å². The molecular weight excluding hydrogens is 395 g/mol. The van der Waals surface area contributed by atoms with Crippen molar-refractivity contribution in [3.05, 3.63) is 71.4 Å². The first-order chi connectivity index (χ1) is 15.1. The van der Waals surface area contributed by atoms with Crippen LogP contribution in [0.1, 0.15) is 41.1 Å². The molecule has 0 spiro atoms. The van der Waals surface area contributed by atoms with Crippen LogP contribution in [0.4, 0.5) is 4.39 Å². The average molecular weight is 423 g/mol. The minimum absolute atomic E-state index is 0.000272. The molecule has 0 radical (unpaired) electrons. The van der Waals surface area contributed by atoms with Crippen molar-refractivity contribution < 1.29 is 13.7 Å². The summed E-state index contributed by atoms with van der Waals surface area (Å²) in [6.07, 6.45) is 3.49. The van der Waals surface area contributed by atoms with Crippen molar-refractivity contribution >= 4 is 5.91 Å². The fourth-order valence-electron chi connectivity index (χ4n) is 3.82. The molecule has 3 aromatic rings. The molecule has 1 aromatic heterocycles. The number of rotatable bonds is 7. The maximum atomic E-state index is 13.7. The third-order valence-electron chi connectivity index (χ3n) is 5.72. The fourth-order valence-corrected chi connectivity index (χ4v) is 3.82. The molecule has 1 saturated heterocycles. The molecule has 1 aliphatic rings. The van der Waals surface area contributed by atoms with Crippen molar-refractivity contribution in [2.75, 3.05) is 19.6 Å². The zero-order valence-corrected chi connectivity index (χ0v) is 17.7. The van der Waals surface area contributed by atoms with Gasteiger partial charge in [-0.1, -0.05) is 35.5 Å². The van der Waals surface area contributed by atoms with Gasteiger partial charge in [0.1, 0.15) is 5.82 Å². The van der Waals surface area contributed by atoms with E-state index in [1.165, 1.54) is 6.07 Å². The van der Waals surface area contributed by atoms with Gasteiger partial charge in [-0.15, -0.1) is 0 Å². The normalized spacial score (nSPS) is 15.2. The molecule has 1 N–H and O–H groups in total. The Morgan fingerprint density at radius 3 is 2.71 bits per heavy atom. The summed E-state index contributed by atoms with van der Waals surface area (Å²) >= 11 is 0. The van der Waals surface area contributed by atoms with Crippen molar-refractivity contribution in [1.82, 2.24) is 20.4 Å². The van der Waals surface area contributed by atoms with Crippen molar-refractivity contribution in [1.29, 1.82) is 0 Å². The van der Waals surface area contributed by atoms with E-state index in [2.05, 4.69) is 20.4 Å². The lowest BCUT2D eigenvalue weighted by Crippen LogP contribution is -2.44. The van der Waals surface area contributed by atoms with Crippen LogP contribution in [0, 0.1) is 12.7 Å². The number of benzene rings is 2. The third kappa shape index (κ3) is 5.55. The Morgan fingerprint density at radius 1 is 1.19 bits per heavy atom. The van der Waals surface area contributed by atoms with Crippen LogP contribution >= 0.6 is 0 Å². The van der Waals surface area contributed by atoms with Crippen molar-refractivity contribution in [2.45, 2.75) is 38.6 Å². The molecule has 0 atom stereocenters. The molecule has 162 valence electrons. The van der Waals surface area contributed by atoms with E-state index in [1.54, 1.807) is 19.1 Å². The van der Waals surface area contributed by atoms with Crippen molar-refractivity contribution in [3.8, 4) is 11.4 Å². The van der Waals surface area contributed by atoms with E-state index in [4.69, 9.17) is 4.52 Å². The van der Waals surface area contributed by atoms with Crippen LogP contribution in [0.25, 0.3) is 11.4 Å². The summed E-state index contributed by atoms with van der Waals surface area (Å²) < 4.78 is 19.1. The Balaban J connectivity index is 1.19. The van der Waals surface area contributed by atoms with Crippen LogP contribution < -0.4 is 5.32 Å². The summed E-state index contributed by atoms with van der Waals surface area (Å²) in [6.45, 7) is 4.58. The number of piperidine rings is 1. The molecule has 7 heteroatoms. The molecule has 4 rings (SSSR count). The smallest absolute Gasteiger partial charge is 0.251 e. The van der Waals surface area contributed by atoms with E-state index >= 15 is 0 Å². The first-order valence-electron chi connectivity index (χ1n) is 10.8. The van der Waals surface area contributed by atoms with Gasteiger partial charge in [-0.25, -0.2) is 4.39 Å². The number of amides is 1. The number of likely N-dealkylation sites (tertiary alicyclic amines) is 1. The zero-order valence-electron chi connectivity index (χ0n) is 17.7. The average Bonchev–Trinajstić information content (AvgIpc) is 3.26. The molecule has 0 saturated carbocycles.